The van der Waals surface area contributed by atoms with Gasteiger partial charge in [-0.15, -0.1) is 0 Å². The van der Waals surface area contributed by atoms with Crippen LogP contribution in [-0.2, 0) is 19.0 Å². The lowest BCUT2D eigenvalue weighted by Gasteiger charge is -2.36. The molecule has 2 saturated heterocycles. The van der Waals surface area contributed by atoms with Crippen LogP contribution < -0.4 is 5.32 Å². The number of hydrogen-bond donors (Lipinski definition) is 1. The summed E-state index contributed by atoms with van der Waals surface area (Å²) >= 11 is 0. The third-order valence-corrected chi connectivity index (χ3v) is 5.64. The van der Waals surface area contributed by atoms with Crippen molar-refractivity contribution in [3.05, 3.63) is 0 Å². The smallest absolute Gasteiger partial charge is 0.226 e. The Morgan fingerprint density at radius 3 is 2.43 bits per heavy atom. The SMILES string of the molecule is O=C(NCCCOCC1CCOCC1)C1(C2CC2)CCOCC1. The number of nitrogens with one attached hydrogen (secondary N) is 1. The van der Waals surface area contributed by atoms with Crippen LogP contribution >= 0.6 is 0 Å². The Balaban J connectivity index is 1.29. The van der Waals surface area contributed by atoms with E-state index in [2.05, 4.69) is 5.32 Å². The van der Waals surface area contributed by atoms with Crippen LogP contribution in [0.3, 0.4) is 0 Å². The zero-order valence-corrected chi connectivity index (χ0v) is 14.2. The van der Waals surface area contributed by atoms with Crippen LogP contribution in [0.2, 0.25) is 0 Å². The number of hydrogen-bond acceptors (Lipinski definition) is 4. The van der Waals surface area contributed by atoms with Gasteiger partial charge in [0.25, 0.3) is 0 Å². The molecular formula is C18H31NO4. The van der Waals surface area contributed by atoms with Crippen molar-refractivity contribution in [2.75, 3.05) is 46.2 Å². The highest BCUT2D eigenvalue weighted by Crippen LogP contribution is 2.51. The van der Waals surface area contributed by atoms with Crippen molar-refractivity contribution in [3.63, 3.8) is 0 Å². The fourth-order valence-electron chi connectivity index (χ4n) is 3.91. The molecule has 1 N–H and O–H groups in total. The number of ether oxygens (including phenoxy) is 3. The van der Waals surface area contributed by atoms with E-state index < -0.39 is 0 Å². The summed E-state index contributed by atoms with van der Waals surface area (Å²) in [4.78, 5) is 12.7. The Kier molecular flexibility index (Phi) is 6.31. The van der Waals surface area contributed by atoms with Gasteiger partial charge in [-0.3, -0.25) is 4.79 Å². The van der Waals surface area contributed by atoms with Crippen LogP contribution in [0.1, 0.15) is 44.9 Å². The van der Waals surface area contributed by atoms with Gasteiger partial charge in [0.15, 0.2) is 0 Å². The highest BCUT2D eigenvalue weighted by atomic mass is 16.5. The summed E-state index contributed by atoms with van der Waals surface area (Å²) in [6.45, 7) is 5.50. The second kappa shape index (κ2) is 8.45. The van der Waals surface area contributed by atoms with Crippen LogP contribution in [0.5, 0.6) is 0 Å². The first kappa shape index (κ1) is 17.2. The molecule has 5 nitrogen and oxygen atoms in total. The van der Waals surface area contributed by atoms with Crippen LogP contribution in [0.15, 0.2) is 0 Å². The Hall–Kier alpha value is -0.650. The van der Waals surface area contributed by atoms with Crippen molar-refractivity contribution >= 4 is 5.91 Å². The highest BCUT2D eigenvalue weighted by Gasteiger charge is 2.50. The summed E-state index contributed by atoms with van der Waals surface area (Å²) in [7, 11) is 0. The van der Waals surface area contributed by atoms with E-state index in [0.29, 0.717) is 11.8 Å². The zero-order chi connectivity index (χ0) is 16.0. The first-order valence-corrected chi connectivity index (χ1v) is 9.33. The van der Waals surface area contributed by atoms with Crippen LogP contribution in [0.4, 0.5) is 0 Å². The Labute approximate surface area is 139 Å². The first-order chi connectivity index (χ1) is 11.3. The summed E-state index contributed by atoms with van der Waals surface area (Å²) < 4.78 is 16.6. The summed E-state index contributed by atoms with van der Waals surface area (Å²) in [6, 6.07) is 0. The van der Waals surface area contributed by atoms with Crippen molar-refractivity contribution in [3.8, 4) is 0 Å². The van der Waals surface area contributed by atoms with Gasteiger partial charge >= 0.3 is 0 Å². The Bertz CT molecular complexity index is 371. The summed E-state index contributed by atoms with van der Waals surface area (Å²) in [5.41, 5.74) is -0.138. The lowest BCUT2D eigenvalue weighted by molar-refractivity contribution is -0.138. The molecule has 23 heavy (non-hydrogen) atoms. The quantitative estimate of drug-likeness (QED) is 0.695. The summed E-state index contributed by atoms with van der Waals surface area (Å²) in [6.07, 6.45) is 7.33. The molecule has 0 bridgehead atoms. The molecule has 3 rings (SSSR count). The molecule has 3 aliphatic rings. The molecule has 0 spiro atoms. The third kappa shape index (κ3) is 4.68. The van der Waals surface area contributed by atoms with Gasteiger partial charge in [-0.2, -0.15) is 0 Å². The Morgan fingerprint density at radius 2 is 1.74 bits per heavy atom. The predicted octanol–water partition coefficient (Wildman–Crippen LogP) is 2.14. The third-order valence-electron chi connectivity index (χ3n) is 5.64. The number of amides is 1. The first-order valence-electron chi connectivity index (χ1n) is 9.33. The van der Waals surface area contributed by atoms with Crippen molar-refractivity contribution in [2.24, 2.45) is 17.3 Å². The van der Waals surface area contributed by atoms with Gasteiger partial charge in [0.1, 0.15) is 0 Å². The largest absolute Gasteiger partial charge is 0.381 e. The maximum absolute atomic E-state index is 12.7. The van der Waals surface area contributed by atoms with E-state index in [0.717, 1.165) is 78.3 Å². The van der Waals surface area contributed by atoms with E-state index in [1.54, 1.807) is 0 Å². The molecule has 0 aromatic carbocycles. The minimum atomic E-state index is -0.138. The second-order valence-corrected chi connectivity index (χ2v) is 7.28. The maximum Gasteiger partial charge on any atom is 0.226 e. The van der Waals surface area contributed by atoms with Crippen LogP contribution in [-0.4, -0.2) is 52.1 Å². The second-order valence-electron chi connectivity index (χ2n) is 7.28. The number of rotatable bonds is 8. The summed E-state index contributed by atoms with van der Waals surface area (Å²) in [5, 5.41) is 3.16. The molecule has 0 aromatic rings. The molecule has 2 heterocycles. The molecule has 1 amide bonds. The lowest BCUT2D eigenvalue weighted by Crippen LogP contribution is -2.46. The highest BCUT2D eigenvalue weighted by molar-refractivity contribution is 5.83. The van der Waals surface area contributed by atoms with E-state index in [1.165, 1.54) is 12.8 Å². The van der Waals surface area contributed by atoms with E-state index in [-0.39, 0.29) is 11.3 Å². The minimum absolute atomic E-state index is 0.138. The van der Waals surface area contributed by atoms with E-state index in [9.17, 15) is 4.79 Å². The van der Waals surface area contributed by atoms with Crippen molar-refractivity contribution in [1.82, 2.24) is 5.32 Å². The molecule has 1 aliphatic carbocycles. The number of carbonyl (C=O) groups is 1. The fraction of sp³-hybridized carbons (Fsp3) is 0.944. The molecule has 0 atom stereocenters. The van der Waals surface area contributed by atoms with Gasteiger partial charge in [-0.25, -0.2) is 0 Å². The maximum atomic E-state index is 12.7. The molecule has 0 aromatic heterocycles. The van der Waals surface area contributed by atoms with Gasteiger partial charge in [-0.1, -0.05) is 0 Å². The van der Waals surface area contributed by atoms with Gasteiger partial charge < -0.3 is 19.5 Å². The van der Waals surface area contributed by atoms with Crippen LogP contribution in [0, 0.1) is 17.3 Å². The van der Waals surface area contributed by atoms with Gasteiger partial charge in [0.2, 0.25) is 5.91 Å². The van der Waals surface area contributed by atoms with Crippen molar-refractivity contribution in [1.29, 1.82) is 0 Å². The molecule has 3 fully saturated rings. The number of carbonyl (C=O) groups excluding carboxylic acids is 1. The van der Waals surface area contributed by atoms with Gasteiger partial charge in [-0.05, 0) is 56.8 Å². The predicted molar refractivity (Wildman–Crippen MR) is 87.2 cm³/mol. The summed E-state index contributed by atoms with van der Waals surface area (Å²) in [5.74, 6) is 1.50. The molecule has 5 heteroatoms. The molecule has 132 valence electrons. The van der Waals surface area contributed by atoms with Gasteiger partial charge in [0.05, 0.1) is 5.41 Å². The average molecular weight is 325 g/mol. The van der Waals surface area contributed by atoms with Gasteiger partial charge in [0, 0.05) is 46.2 Å². The lowest BCUT2D eigenvalue weighted by atomic mass is 9.75. The fourth-order valence-corrected chi connectivity index (χ4v) is 3.91. The zero-order valence-electron chi connectivity index (χ0n) is 14.2. The molecule has 2 aliphatic heterocycles. The molecular weight excluding hydrogens is 294 g/mol. The van der Waals surface area contributed by atoms with Crippen molar-refractivity contribution in [2.45, 2.75) is 44.9 Å². The topological polar surface area (TPSA) is 56.8 Å². The normalized spacial score (nSPS) is 25.2. The Morgan fingerprint density at radius 1 is 1.04 bits per heavy atom. The van der Waals surface area contributed by atoms with Crippen LogP contribution in [0.25, 0.3) is 0 Å². The molecule has 0 radical (unpaired) electrons. The molecule has 0 unspecified atom stereocenters. The standard InChI is InChI=1S/C18H31NO4/c20-17(18(16-2-3-16)6-12-22-13-7-18)19-8-1-9-23-14-15-4-10-21-11-5-15/h15-16H,1-14H2,(H,19,20). The van der Waals surface area contributed by atoms with E-state index in [1.807, 2.05) is 0 Å². The van der Waals surface area contributed by atoms with E-state index >= 15 is 0 Å². The molecule has 1 saturated carbocycles. The minimum Gasteiger partial charge on any atom is -0.381 e. The average Bonchev–Trinajstić information content (AvgIpc) is 3.45. The monoisotopic (exact) mass is 325 g/mol. The van der Waals surface area contributed by atoms with E-state index in [4.69, 9.17) is 14.2 Å². The van der Waals surface area contributed by atoms with Crippen molar-refractivity contribution < 1.29 is 19.0 Å².